The van der Waals surface area contributed by atoms with Gasteiger partial charge in [0, 0.05) is 6.42 Å². The van der Waals surface area contributed by atoms with E-state index >= 15 is 0 Å². The molecule has 1 aromatic heterocycles. The summed E-state index contributed by atoms with van der Waals surface area (Å²) < 4.78 is 1.97. The minimum Gasteiger partial charge on any atom is -0.294 e. The van der Waals surface area contributed by atoms with Crippen LogP contribution in [-0.4, -0.2) is 15.6 Å². The first-order valence-electron chi connectivity index (χ1n) is 8.78. The first-order valence-corrected chi connectivity index (χ1v) is 8.78. The number of carbonyl (C=O) groups is 1. The Bertz CT molecular complexity index is 968. The molecule has 4 rings (SSSR count). The van der Waals surface area contributed by atoms with Crippen LogP contribution in [-0.2, 0) is 6.42 Å². The maximum Gasteiger partial charge on any atom is 0.167 e. The number of nitrogens with zero attached hydrogens (tertiary/aromatic N) is 2. The summed E-state index contributed by atoms with van der Waals surface area (Å²) in [6.07, 6.45) is 1.41. The topological polar surface area (TPSA) is 34.9 Å². The Labute approximate surface area is 148 Å². The van der Waals surface area contributed by atoms with Gasteiger partial charge in [-0.3, -0.25) is 4.79 Å². The number of aryl methyl sites for hydroxylation is 3. The number of hydrogen-bond donors (Lipinski definition) is 0. The first-order chi connectivity index (χ1) is 12.0. The van der Waals surface area contributed by atoms with Crippen molar-refractivity contribution in [3.05, 3.63) is 82.2 Å². The molecule has 1 heterocycles. The lowest BCUT2D eigenvalue weighted by atomic mass is 9.81. The molecule has 3 heteroatoms. The molecule has 0 radical (unpaired) electrons. The number of fused-ring (bicyclic) bond motifs is 1. The zero-order chi connectivity index (χ0) is 17.6. The summed E-state index contributed by atoms with van der Waals surface area (Å²) in [4.78, 5) is 12.8. The fourth-order valence-corrected chi connectivity index (χ4v) is 3.89. The predicted molar refractivity (Wildman–Crippen MR) is 99.6 cm³/mol. The van der Waals surface area contributed by atoms with Crippen LogP contribution in [0, 0.1) is 20.8 Å². The van der Waals surface area contributed by atoms with Gasteiger partial charge in [-0.2, -0.15) is 5.10 Å². The van der Waals surface area contributed by atoms with Crippen molar-refractivity contribution in [2.45, 2.75) is 39.5 Å². The van der Waals surface area contributed by atoms with Gasteiger partial charge >= 0.3 is 0 Å². The maximum atomic E-state index is 12.8. The third kappa shape index (κ3) is 2.80. The molecule has 2 aromatic carbocycles. The fourth-order valence-electron chi connectivity index (χ4n) is 3.89. The van der Waals surface area contributed by atoms with Crippen LogP contribution in [0.2, 0.25) is 0 Å². The van der Waals surface area contributed by atoms with Gasteiger partial charge in [-0.05, 0) is 56.4 Å². The van der Waals surface area contributed by atoms with Crippen LogP contribution in [0.5, 0.6) is 0 Å². The number of carbonyl (C=O) groups excluding carboxylic acids is 1. The SMILES string of the molecule is Cc1cccc([C@@H]2CC(=O)c3c(C)nn(-c4cccc(C)c4)c3C2)c1. The van der Waals surface area contributed by atoms with Gasteiger partial charge in [-0.15, -0.1) is 0 Å². The molecular formula is C22H22N2O. The average Bonchev–Trinajstić information content (AvgIpc) is 2.92. The van der Waals surface area contributed by atoms with Crippen molar-refractivity contribution < 1.29 is 4.79 Å². The molecule has 0 saturated heterocycles. The van der Waals surface area contributed by atoms with E-state index in [1.807, 2.05) is 17.7 Å². The fraction of sp³-hybridized carbons (Fsp3) is 0.273. The molecule has 3 aromatic rings. The second-order valence-electron chi connectivity index (χ2n) is 7.10. The molecule has 25 heavy (non-hydrogen) atoms. The third-order valence-electron chi connectivity index (χ3n) is 5.07. The normalized spacial score (nSPS) is 16.8. The van der Waals surface area contributed by atoms with Gasteiger partial charge in [-0.25, -0.2) is 4.68 Å². The minimum atomic E-state index is 0.212. The molecule has 0 aliphatic heterocycles. The van der Waals surface area contributed by atoms with Crippen molar-refractivity contribution in [3.63, 3.8) is 0 Å². The molecule has 0 spiro atoms. The van der Waals surface area contributed by atoms with E-state index in [9.17, 15) is 4.79 Å². The summed E-state index contributed by atoms with van der Waals surface area (Å²) in [5.74, 6) is 0.434. The Kier molecular flexibility index (Phi) is 3.79. The molecule has 0 N–H and O–H groups in total. The molecule has 126 valence electrons. The molecule has 3 nitrogen and oxygen atoms in total. The highest BCUT2D eigenvalue weighted by Crippen LogP contribution is 2.35. The van der Waals surface area contributed by atoms with Crippen LogP contribution >= 0.6 is 0 Å². The van der Waals surface area contributed by atoms with Crippen LogP contribution in [0.4, 0.5) is 0 Å². The Morgan fingerprint density at radius 2 is 1.68 bits per heavy atom. The van der Waals surface area contributed by atoms with Gasteiger partial charge in [-0.1, -0.05) is 42.0 Å². The van der Waals surface area contributed by atoms with Crippen molar-refractivity contribution in [1.82, 2.24) is 9.78 Å². The lowest BCUT2D eigenvalue weighted by Gasteiger charge is -2.23. The van der Waals surface area contributed by atoms with E-state index in [1.54, 1.807) is 0 Å². The molecule has 1 aliphatic rings. The van der Waals surface area contributed by atoms with Crippen LogP contribution in [0.15, 0.2) is 48.5 Å². The van der Waals surface area contributed by atoms with Gasteiger partial charge in [0.05, 0.1) is 22.6 Å². The van der Waals surface area contributed by atoms with Crippen molar-refractivity contribution in [1.29, 1.82) is 0 Å². The van der Waals surface area contributed by atoms with Crippen LogP contribution in [0.25, 0.3) is 5.69 Å². The van der Waals surface area contributed by atoms with E-state index in [-0.39, 0.29) is 11.7 Å². The number of hydrogen-bond acceptors (Lipinski definition) is 2. The van der Waals surface area contributed by atoms with Gasteiger partial charge in [0.1, 0.15) is 0 Å². The largest absolute Gasteiger partial charge is 0.294 e. The van der Waals surface area contributed by atoms with E-state index in [4.69, 9.17) is 5.10 Å². The summed E-state index contributed by atoms with van der Waals surface area (Å²) in [5.41, 5.74) is 7.41. The molecular weight excluding hydrogens is 308 g/mol. The Hall–Kier alpha value is -2.68. The highest BCUT2D eigenvalue weighted by molar-refractivity contribution is 6.00. The Morgan fingerprint density at radius 1 is 0.960 bits per heavy atom. The van der Waals surface area contributed by atoms with E-state index < -0.39 is 0 Å². The molecule has 0 fully saturated rings. The van der Waals surface area contributed by atoms with Crippen molar-refractivity contribution in [2.75, 3.05) is 0 Å². The third-order valence-corrected chi connectivity index (χ3v) is 5.07. The lowest BCUT2D eigenvalue weighted by molar-refractivity contribution is 0.0963. The van der Waals surface area contributed by atoms with Gasteiger partial charge in [0.2, 0.25) is 0 Å². The predicted octanol–water partition coefficient (Wildman–Crippen LogP) is 4.71. The van der Waals surface area contributed by atoms with Crippen molar-refractivity contribution >= 4 is 5.78 Å². The van der Waals surface area contributed by atoms with E-state index in [0.29, 0.717) is 6.42 Å². The number of rotatable bonds is 2. The molecule has 0 bridgehead atoms. The summed E-state index contributed by atoms with van der Waals surface area (Å²) >= 11 is 0. The van der Waals surface area contributed by atoms with Gasteiger partial charge < -0.3 is 0 Å². The molecule has 0 unspecified atom stereocenters. The summed E-state index contributed by atoms with van der Waals surface area (Å²) in [6.45, 7) is 6.11. The highest BCUT2D eigenvalue weighted by Gasteiger charge is 2.32. The number of aromatic nitrogens is 2. The van der Waals surface area contributed by atoms with E-state index in [0.717, 1.165) is 29.1 Å². The number of benzene rings is 2. The number of Topliss-reactive ketones (excluding diaryl/α,β-unsaturated/α-hetero) is 1. The van der Waals surface area contributed by atoms with E-state index in [2.05, 4.69) is 56.3 Å². The van der Waals surface area contributed by atoms with Gasteiger partial charge in [0.25, 0.3) is 0 Å². The summed E-state index contributed by atoms with van der Waals surface area (Å²) in [5, 5.41) is 4.70. The van der Waals surface area contributed by atoms with Crippen LogP contribution < -0.4 is 0 Å². The van der Waals surface area contributed by atoms with Crippen LogP contribution in [0.3, 0.4) is 0 Å². The standard InChI is InChI=1S/C22H22N2O/c1-14-6-4-8-17(10-14)18-12-20-22(21(25)13-18)16(3)23-24(20)19-9-5-7-15(2)11-19/h4-11,18H,12-13H2,1-3H3/t18-/m0/s1. The molecule has 0 saturated carbocycles. The summed E-state index contributed by atoms with van der Waals surface area (Å²) in [6, 6.07) is 16.8. The second-order valence-corrected chi connectivity index (χ2v) is 7.10. The summed E-state index contributed by atoms with van der Waals surface area (Å²) in [7, 11) is 0. The lowest BCUT2D eigenvalue weighted by Crippen LogP contribution is -2.20. The van der Waals surface area contributed by atoms with Crippen molar-refractivity contribution in [3.8, 4) is 5.69 Å². The monoisotopic (exact) mass is 330 g/mol. The zero-order valence-electron chi connectivity index (χ0n) is 14.9. The zero-order valence-corrected chi connectivity index (χ0v) is 14.9. The Balaban J connectivity index is 1.81. The highest BCUT2D eigenvalue weighted by atomic mass is 16.1. The molecule has 0 amide bonds. The smallest absolute Gasteiger partial charge is 0.167 e. The van der Waals surface area contributed by atoms with Crippen LogP contribution in [0.1, 0.15) is 50.8 Å². The van der Waals surface area contributed by atoms with Gasteiger partial charge in [0.15, 0.2) is 5.78 Å². The Morgan fingerprint density at radius 3 is 2.40 bits per heavy atom. The molecule has 1 aliphatic carbocycles. The van der Waals surface area contributed by atoms with E-state index in [1.165, 1.54) is 16.7 Å². The number of ketones is 1. The maximum absolute atomic E-state index is 12.8. The molecule has 1 atom stereocenters. The second kappa shape index (κ2) is 5.99. The van der Waals surface area contributed by atoms with Crippen molar-refractivity contribution in [2.24, 2.45) is 0 Å². The minimum absolute atomic E-state index is 0.212. The quantitative estimate of drug-likeness (QED) is 0.682. The first kappa shape index (κ1) is 15.8. The average molecular weight is 330 g/mol.